The van der Waals surface area contributed by atoms with Gasteiger partial charge in [0, 0.05) is 63.1 Å². The van der Waals surface area contributed by atoms with Crippen LogP contribution in [0.2, 0.25) is 0 Å². The van der Waals surface area contributed by atoms with Crippen molar-refractivity contribution in [2.45, 2.75) is 13.8 Å². The molecule has 3 rings (SSSR count). The van der Waals surface area contributed by atoms with E-state index >= 15 is 0 Å². The highest BCUT2D eigenvalue weighted by molar-refractivity contribution is 7.13. The molecule has 0 atom stereocenters. The monoisotopic (exact) mass is 373 g/mol. The number of amides is 2. The lowest BCUT2D eigenvalue weighted by atomic mass is 10.2. The minimum atomic E-state index is 0.0316. The van der Waals surface area contributed by atoms with Gasteiger partial charge in [-0.1, -0.05) is 12.1 Å². The second-order valence-electron chi connectivity index (χ2n) is 6.44. The molecule has 2 aromatic rings. The number of thiazole rings is 1. The number of carbonyl (C=O) groups excluding carboxylic acids is 1. The minimum Gasteiger partial charge on any atom is -0.370 e. The lowest BCUT2D eigenvalue weighted by molar-refractivity contribution is 0.194. The van der Waals surface area contributed by atoms with E-state index in [1.165, 1.54) is 11.3 Å². The van der Waals surface area contributed by atoms with E-state index in [-0.39, 0.29) is 6.03 Å². The van der Waals surface area contributed by atoms with Gasteiger partial charge in [-0.05, 0) is 31.5 Å². The van der Waals surface area contributed by atoms with E-state index in [9.17, 15) is 4.79 Å². The number of aryl methyl sites for hydroxylation is 1. The van der Waals surface area contributed by atoms with E-state index in [4.69, 9.17) is 0 Å². The summed E-state index contributed by atoms with van der Waals surface area (Å²) in [5.41, 5.74) is 2.46. The van der Waals surface area contributed by atoms with Gasteiger partial charge in [-0.2, -0.15) is 0 Å². The number of anilines is 2. The van der Waals surface area contributed by atoms with E-state index < -0.39 is 0 Å². The van der Waals surface area contributed by atoms with Gasteiger partial charge in [0.1, 0.15) is 0 Å². The molecule has 0 aliphatic carbocycles. The van der Waals surface area contributed by atoms with Crippen molar-refractivity contribution in [1.82, 2.24) is 15.2 Å². The average Bonchev–Trinajstić information content (AvgIpc) is 3.20. The molecule has 7 heteroatoms. The topological polar surface area (TPSA) is 51.7 Å². The van der Waals surface area contributed by atoms with E-state index in [1.54, 1.807) is 11.3 Å². The Balaban J connectivity index is 1.42. The van der Waals surface area contributed by atoms with Crippen LogP contribution in [0.15, 0.2) is 35.8 Å². The molecule has 1 aliphatic heterocycles. The Morgan fingerprint density at radius 2 is 2.12 bits per heavy atom. The fourth-order valence-electron chi connectivity index (χ4n) is 3.18. The van der Waals surface area contributed by atoms with Gasteiger partial charge in [0.15, 0.2) is 5.13 Å². The number of nitrogens with zero attached hydrogens (tertiary/aromatic N) is 4. The number of aromatic nitrogens is 1. The summed E-state index contributed by atoms with van der Waals surface area (Å²) in [6.45, 7) is 9.77. The smallest absolute Gasteiger partial charge is 0.317 e. The fourth-order valence-corrected chi connectivity index (χ4v) is 3.87. The Morgan fingerprint density at radius 3 is 2.77 bits per heavy atom. The molecule has 1 aromatic carbocycles. The number of hydrogen-bond acceptors (Lipinski definition) is 5. The first-order chi connectivity index (χ1) is 12.7. The number of urea groups is 1. The predicted octanol–water partition coefficient (Wildman–Crippen LogP) is 2.81. The molecule has 0 unspecified atom stereocenters. The Morgan fingerprint density at radius 1 is 1.31 bits per heavy atom. The molecule has 140 valence electrons. The van der Waals surface area contributed by atoms with E-state index in [0.29, 0.717) is 6.54 Å². The summed E-state index contributed by atoms with van der Waals surface area (Å²) in [4.78, 5) is 23.2. The van der Waals surface area contributed by atoms with E-state index in [0.717, 1.165) is 44.4 Å². The molecular formula is C19H27N5OS. The molecule has 1 fully saturated rings. The maximum atomic E-state index is 12.4. The maximum Gasteiger partial charge on any atom is 0.317 e. The molecule has 1 N–H and O–H groups in total. The van der Waals surface area contributed by atoms with Gasteiger partial charge in [-0.3, -0.25) is 0 Å². The molecule has 0 spiro atoms. The lowest BCUT2D eigenvalue weighted by Crippen LogP contribution is -2.52. The summed E-state index contributed by atoms with van der Waals surface area (Å²) in [6.07, 6.45) is 1.83. The molecule has 1 aliphatic rings. The number of hydrogen-bond donors (Lipinski definition) is 1. The van der Waals surface area contributed by atoms with Crippen molar-refractivity contribution in [1.29, 1.82) is 0 Å². The Bertz CT molecular complexity index is 698. The zero-order valence-corrected chi connectivity index (χ0v) is 16.3. The predicted molar refractivity (Wildman–Crippen MR) is 108 cm³/mol. The molecule has 2 heterocycles. The molecule has 2 amide bonds. The van der Waals surface area contributed by atoms with Crippen LogP contribution >= 0.6 is 11.3 Å². The van der Waals surface area contributed by atoms with Crippen LogP contribution in [0.3, 0.4) is 0 Å². The highest BCUT2D eigenvalue weighted by Crippen LogP contribution is 2.19. The van der Waals surface area contributed by atoms with Crippen LogP contribution in [-0.4, -0.2) is 61.7 Å². The molecule has 1 saturated heterocycles. The number of benzene rings is 1. The van der Waals surface area contributed by atoms with Gasteiger partial charge in [-0.25, -0.2) is 9.78 Å². The Kier molecular flexibility index (Phi) is 6.33. The molecule has 0 saturated carbocycles. The average molecular weight is 374 g/mol. The van der Waals surface area contributed by atoms with Crippen LogP contribution in [0, 0.1) is 6.92 Å². The SMILES string of the molecule is CCN(CCNC(=O)N1CCN(c2nccs2)CC1)c1cccc(C)c1. The quantitative estimate of drug-likeness (QED) is 0.846. The third-order valence-electron chi connectivity index (χ3n) is 4.66. The van der Waals surface area contributed by atoms with Crippen LogP contribution in [0.4, 0.5) is 15.6 Å². The lowest BCUT2D eigenvalue weighted by Gasteiger charge is -2.34. The highest BCUT2D eigenvalue weighted by atomic mass is 32.1. The molecule has 26 heavy (non-hydrogen) atoms. The van der Waals surface area contributed by atoms with Crippen LogP contribution in [0.5, 0.6) is 0 Å². The third-order valence-corrected chi connectivity index (χ3v) is 5.50. The number of carbonyl (C=O) groups is 1. The van der Waals surface area contributed by atoms with Crippen molar-refractivity contribution in [3.8, 4) is 0 Å². The standard InChI is InChI=1S/C19H27N5OS/c1-3-22(17-6-4-5-16(2)15-17)9-7-20-18(25)23-10-12-24(13-11-23)19-21-8-14-26-19/h4-6,8,14-15H,3,7,9-13H2,1-2H3,(H,20,25). The molecule has 1 aromatic heterocycles. The number of piperazine rings is 1. The second-order valence-corrected chi connectivity index (χ2v) is 7.31. The zero-order chi connectivity index (χ0) is 18.4. The highest BCUT2D eigenvalue weighted by Gasteiger charge is 2.22. The summed E-state index contributed by atoms with van der Waals surface area (Å²) in [5.74, 6) is 0. The van der Waals surface area contributed by atoms with Gasteiger partial charge in [-0.15, -0.1) is 11.3 Å². The summed E-state index contributed by atoms with van der Waals surface area (Å²) >= 11 is 1.65. The largest absolute Gasteiger partial charge is 0.370 e. The first kappa shape index (κ1) is 18.5. The van der Waals surface area contributed by atoms with Gasteiger partial charge in [0.05, 0.1) is 0 Å². The third kappa shape index (κ3) is 4.66. The van der Waals surface area contributed by atoms with Crippen LogP contribution in [0.25, 0.3) is 0 Å². The van der Waals surface area contributed by atoms with Crippen LogP contribution in [-0.2, 0) is 0 Å². The first-order valence-electron chi connectivity index (χ1n) is 9.16. The normalized spacial score (nSPS) is 14.4. The number of rotatable bonds is 6. The maximum absolute atomic E-state index is 12.4. The van der Waals surface area contributed by atoms with Crippen LogP contribution in [0.1, 0.15) is 12.5 Å². The molecule has 0 bridgehead atoms. The van der Waals surface area contributed by atoms with Crippen molar-refractivity contribution in [2.24, 2.45) is 0 Å². The second kappa shape index (κ2) is 8.89. The van der Waals surface area contributed by atoms with Crippen molar-refractivity contribution in [3.05, 3.63) is 41.4 Å². The van der Waals surface area contributed by atoms with Crippen molar-refractivity contribution < 1.29 is 4.79 Å². The summed E-state index contributed by atoms with van der Waals surface area (Å²) in [7, 11) is 0. The minimum absolute atomic E-state index is 0.0316. The van der Waals surface area contributed by atoms with Gasteiger partial charge in [0.2, 0.25) is 0 Å². The Hall–Kier alpha value is -2.28. The molecule has 0 radical (unpaired) electrons. The summed E-state index contributed by atoms with van der Waals surface area (Å²) in [6, 6.07) is 8.52. The van der Waals surface area contributed by atoms with Crippen LogP contribution < -0.4 is 15.1 Å². The summed E-state index contributed by atoms with van der Waals surface area (Å²) in [5, 5.41) is 6.10. The van der Waals surface area contributed by atoms with Crippen molar-refractivity contribution in [2.75, 3.05) is 55.6 Å². The first-order valence-corrected chi connectivity index (χ1v) is 10.0. The van der Waals surface area contributed by atoms with E-state index in [2.05, 4.69) is 58.2 Å². The van der Waals surface area contributed by atoms with Crippen molar-refractivity contribution >= 4 is 28.2 Å². The number of likely N-dealkylation sites (N-methyl/N-ethyl adjacent to an activating group) is 1. The fraction of sp³-hybridized carbons (Fsp3) is 0.474. The van der Waals surface area contributed by atoms with Gasteiger partial charge >= 0.3 is 6.03 Å². The Labute approximate surface area is 159 Å². The molecular weight excluding hydrogens is 346 g/mol. The van der Waals surface area contributed by atoms with Gasteiger partial charge < -0.3 is 20.0 Å². The molecule has 6 nitrogen and oxygen atoms in total. The van der Waals surface area contributed by atoms with Crippen molar-refractivity contribution in [3.63, 3.8) is 0 Å². The summed E-state index contributed by atoms with van der Waals surface area (Å²) < 4.78 is 0. The number of nitrogens with one attached hydrogen (secondary N) is 1. The zero-order valence-electron chi connectivity index (χ0n) is 15.5. The van der Waals surface area contributed by atoms with E-state index in [1.807, 2.05) is 16.5 Å². The van der Waals surface area contributed by atoms with Gasteiger partial charge in [0.25, 0.3) is 0 Å².